The van der Waals surface area contributed by atoms with E-state index in [9.17, 15) is 24.0 Å². The number of ketones is 1. The molecule has 2 aromatic rings. The van der Waals surface area contributed by atoms with Gasteiger partial charge in [0, 0.05) is 25.3 Å². The molecule has 0 saturated heterocycles. The van der Waals surface area contributed by atoms with E-state index < -0.39 is 41.2 Å². The van der Waals surface area contributed by atoms with E-state index in [1.807, 2.05) is 0 Å². The molecule has 0 amide bonds. The van der Waals surface area contributed by atoms with Crippen LogP contribution in [0.15, 0.2) is 36.4 Å². The van der Waals surface area contributed by atoms with E-state index in [2.05, 4.69) is 0 Å². The Morgan fingerprint density at radius 3 is 1.79 bits per heavy atom. The van der Waals surface area contributed by atoms with E-state index in [0.717, 1.165) is 13.0 Å². The van der Waals surface area contributed by atoms with Crippen LogP contribution in [-0.4, -0.2) is 29.7 Å². The smallest absolute Gasteiger partial charge is 0.339 e. The number of Topliss-reactive ketones (excluding diaryl/α,β-unsaturated/α-hetero) is 1. The molecule has 2 aromatic carbocycles. The molecule has 180 valence electrons. The van der Waals surface area contributed by atoms with Crippen LogP contribution in [0.3, 0.4) is 0 Å². The monoisotopic (exact) mass is 470 g/mol. The average Bonchev–Trinajstić information content (AvgIpc) is 2.83. The minimum absolute atomic E-state index is 0.0342. The van der Waals surface area contributed by atoms with E-state index >= 15 is 0 Å². The molecule has 0 aliphatic carbocycles. The number of carbonyl (C=O) groups is 5. The number of hydrogen-bond acceptors (Lipinski definition) is 9. The molecule has 0 aliphatic heterocycles. The molecule has 0 unspecified atom stereocenters. The number of ether oxygens (including phenoxy) is 4. The predicted molar refractivity (Wildman–Crippen MR) is 120 cm³/mol. The molecule has 0 N–H and O–H groups in total. The molecule has 0 heterocycles. The third-order valence-electron chi connectivity index (χ3n) is 4.51. The number of rotatable bonds is 10. The van der Waals surface area contributed by atoms with E-state index in [1.165, 1.54) is 20.8 Å². The molecule has 0 aliphatic rings. The minimum atomic E-state index is -0.926. The SMILES string of the molecule is CCC(=O)Oc1cc(C(=O)OCc2ccccc2)c(C(C)=O)c(OC(=O)CC)c1OC(=O)CC. The van der Waals surface area contributed by atoms with Crippen LogP contribution in [0.5, 0.6) is 17.2 Å². The molecule has 0 aromatic heterocycles. The first kappa shape index (κ1) is 26.2. The van der Waals surface area contributed by atoms with Crippen molar-refractivity contribution in [1.29, 1.82) is 0 Å². The first-order chi connectivity index (χ1) is 16.2. The Labute approximate surface area is 196 Å². The van der Waals surface area contributed by atoms with Crippen LogP contribution in [0, 0.1) is 0 Å². The summed E-state index contributed by atoms with van der Waals surface area (Å²) in [5.74, 6) is -5.09. The van der Waals surface area contributed by atoms with E-state index in [1.54, 1.807) is 30.3 Å². The Hall–Kier alpha value is -4.01. The van der Waals surface area contributed by atoms with E-state index in [4.69, 9.17) is 18.9 Å². The van der Waals surface area contributed by atoms with Gasteiger partial charge in [-0.15, -0.1) is 0 Å². The Morgan fingerprint density at radius 2 is 1.26 bits per heavy atom. The van der Waals surface area contributed by atoms with Gasteiger partial charge < -0.3 is 18.9 Å². The highest BCUT2D eigenvalue weighted by molar-refractivity contribution is 6.09. The largest absolute Gasteiger partial charge is 0.457 e. The van der Waals surface area contributed by atoms with Gasteiger partial charge in [0.1, 0.15) is 6.61 Å². The average molecular weight is 470 g/mol. The maximum absolute atomic E-state index is 13.0. The van der Waals surface area contributed by atoms with Gasteiger partial charge in [0.15, 0.2) is 17.3 Å². The van der Waals surface area contributed by atoms with Gasteiger partial charge in [0.05, 0.1) is 11.1 Å². The fraction of sp³-hybridized carbons (Fsp3) is 0.320. The summed E-state index contributed by atoms with van der Waals surface area (Å²) < 4.78 is 21.2. The normalized spacial score (nSPS) is 10.2. The lowest BCUT2D eigenvalue weighted by molar-refractivity contribution is -0.137. The molecule has 34 heavy (non-hydrogen) atoms. The van der Waals surface area contributed by atoms with Gasteiger partial charge in [-0.25, -0.2) is 4.79 Å². The number of benzene rings is 2. The zero-order valence-electron chi connectivity index (χ0n) is 19.5. The Balaban J connectivity index is 2.69. The summed E-state index contributed by atoms with van der Waals surface area (Å²) in [5.41, 5.74) is 0.0524. The fourth-order valence-electron chi connectivity index (χ4n) is 2.76. The van der Waals surface area contributed by atoms with Gasteiger partial charge >= 0.3 is 23.9 Å². The summed E-state index contributed by atoms with van der Waals surface area (Å²) in [4.78, 5) is 61.8. The molecule has 0 fully saturated rings. The van der Waals surface area contributed by atoms with Crippen LogP contribution in [-0.2, 0) is 25.7 Å². The molecule has 0 radical (unpaired) electrons. The van der Waals surface area contributed by atoms with E-state index in [0.29, 0.717) is 5.56 Å². The van der Waals surface area contributed by atoms with Crippen LogP contribution in [0.1, 0.15) is 73.2 Å². The quantitative estimate of drug-likeness (QED) is 0.286. The molecule has 0 atom stereocenters. The van der Waals surface area contributed by atoms with Crippen LogP contribution in [0.4, 0.5) is 0 Å². The molecule has 0 saturated carbocycles. The van der Waals surface area contributed by atoms with Crippen molar-refractivity contribution in [2.45, 2.75) is 53.6 Å². The first-order valence-electron chi connectivity index (χ1n) is 10.8. The second kappa shape index (κ2) is 12.3. The van der Waals surface area contributed by atoms with Crippen LogP contribution >= 0.6 is 0 Å². The molecule has 9 nitrogen and oxygen atoms in total. The lowest BCUT2D eigenvalue weighted by Gasteiger charge is -2.19. The van der Waals surface area contributed by atoms with Gasteiger partial charge in [0.2, 0.25) is 5.75 Å². The van der Waals surface area contributed by atoms with Crippen molar-refractivity contribution in [1.82, 2.24) is 0 Å². The first-order valence-corrected chi connectivity index (χ1v) is 10.8. The molecule has 9 heteroatoms. The van der Waals surface area contributed by atoms with Crippen molar-refractivity contribution in [3.05, 3.63) is 53.1 Å². The third kappa shape index (κ3) is 6.74. The summed E-state index contributed by atoms with van der Waals surface area (Å²) >= 11 is 0. The van der Waals surface area contributed by atoms with Crippen molar-refractivity contribution in [3.63, 3.8) is 0 Å². The molecular weight excluding hydrogens is 444 g/mol. The topological polar surface area (TPSA) is 122 Å². The van der Waals surface area contributed by atoms with Crippen molar-refractivity contribution in [3.8, 4) is 17.2 Å². The van der Waals surface area contributed by atoms with Crippen molar-refractivity contribution < 1.29 is 42.9 Å². The fourth-order valence-corrected chi connectivity index (χ4v) is 2.76. The van der Waals surface area contributed by atoms with Crippen LogP contribution < -0.4 is 14.2 Å². The Morgan fingerprint density at radius 1 is 0.735 bits per heavy atom. The molecular formula is C25H26O9. The number of hydrogen-bond donors (Lipinski definition) is 0. The number of carbonyl (C=O) groups excluding carboxylic acids is 5. The third-order valence-corrected chi connectivity index (χ3v) is 4.51. The zero-order chi connectivity index (χ0) is 25.3. The van der Waals surface area contributed by atoms with Crippen molar-refractivity contribution in [2.24, 2.45) is 0 Å². The maximum atomic E-state index is 13.0. The highest BCUT2D eigenvalue weighted by Gasteiger charge is 2.31. The van der Waals surface area contributed by atoms with Gasteiger partial charge in [0.25, 0.3) is 0 Å². The van der Waals surface area contributed by atoms with Gasteiger partial charge in [-0.1, -0.05) is 51.1 Å². The van der Waals surface area contributed by atoms with E-state index in [-0.39, 0.29) is 42.7 Å². The summed E-state index contributed by atoms with van der Waals surface area (Å²) in [6, 6.07) is 9.90. The maximum Gasteiger partial charge on any atom is 0.339 e. The summed E-state index contributed by atoms with van der Waals surface area (Å²) in [7, 11) is 0. The lowest BCUT2D eigenvalue weighted by atomic mass is 10.0. The zero-order valence-corrected chi connectivity index (χ0v) is 19.5. The molecule has 0 bridgehead atoms. The van der Waals surface area contributed by atoms with Crippen molar-refractivity contribution >= 4 is 29.7 Å². The predicted octanol–water partition coefficient (Wildman–Crippen LogP) is 4.19. The summed E-state index contributed by atoms with van der Waals surface area (Å²) in [5, 5.41) is 0. The highest BCUT2D eigenvalue weighted by Crippen LogP contribution is 2.44. The second-order valence-corrected chi connectivity index (χ2v) is 7.06. The van der Waals surface area contributed by atoms with Gasteiger partial charge in [-0.05, 0) is 12.5 Å². The minimum Gasteiger partial charge on any atom is -0.457 e. The standard InChI is InChI=1S/C25H26O9/c1-5-19(27)32-18-13-17(25(30)31-14-16-11-9-8-10-12-16)22(15(4)26)24(34-21(29)7-3)23(18)33-20(28)6-2/h8-13H,5-7,14H2,1-4H3. The van der Waals surface area contributed by atoms with Crippen molar-refractivity contribution in [2.75, 3.05) is 0 Å². The Bertz CT molecular complexity index is 1090. The second-order valence-electron chi connectivity index (χ2n) is 7.06. The summed E-state index contributed by atoms with van der Waals surface area (Å²) in [6.45, 7) is 5.63. The van der Waals surface area contributed by atoms with Crippen LogP contribution in [0.25, 0.3) is 0 Å². The summed E-state index contributed by atoms with van der Waals surface area (Å²) in [6.07, 6.45) is -0.169. The van der Waals surface area contributed by atoms with Gasteiger partial charge in [-0.3, -0.25) is 19.2 Å². The number of esters is 4. The van der Waals surface area contributed by atoms with Crippen LogP contribution in [0.2, 0.25) is 0 Å². The van der Waals surface area contributed by atoms with Gasteiger partial charge in [-0.2, -0.15) is 0 Å². The lowest BCUT2D eigenvalue weighted by Crippen LogP contribution is -2.19. The molecule has 0 spiro atoms. The highest BCUT2D eigenvalue weighted by atomic mass is 16.6. The molecule has 2 rings (SSSR count). The Kier molecular flexibility index (Phi) is 9.49.